The van der Waals surface area contributed by atoms with Gasteiger partial charge >= 0.3 is 0 Å². The molecule has 5 heteroatoms. The molecular formula is C11H11BrClN3. The number of hydrogen-bond acceptors (Lipinski definition) is 2. The van der Waals surface area contributed by atoms with Crippen molar-refractivity contribution in [3.8, 4) is 0 Å². The zero-order chi connectivity index (χ0) is 11.1. The van der Waals surface area contributed by atoms with Crippen LogP contribution in [0.5, 0.6) is 0 Å². The van der Waals surface area contributed by atoms with Crippen LogP contribution in [0.25, 0.3) is 11.0 Å². The number of aromatic amines is 1. The minimum Gasteiger partial charge on any atom is -0.329 e. The third-order valence-corrected chi connectivity index (χ3v) is 4.56. The van der Waals surface area contributed by atoms with E-state index in [0.717, 1.165) is 21.2 Å². The van der Waals surface area contributed by atoms with Gasteiger partial charge in [0.05, 0.1) is 15.6 Å². The average Bonchev–Trinajstić information content (AvgIpc) is 2.88. The Hall–Kier alpha value is -0.610. The van der Waals surface area contributed by atoms with Crippen molar-refractivity contribution in [2.75, 3.05) is 0 Å². The maximum Gasteiger partial charge on any atom is 0.143 e. The molecule has 1 fully saturated rings. The highest BCUT2D eigenvalue weighted by Crippen LogP contribution is 2.40. The van der Waals surface area contributed by atoms with Gasteiger partial charge in [-0.25, -0.2) is 9.97 Å². The normalized spacial score (nSPS) is 17.4. The summed E-state index contributed by atoms with van der Waals surface area (Å²) in [6.07, 6.45) is 6.66. The molecule has 0 aliphatic heterocycles. The topological polar surface area (TPSA) is 41.6 Å². The lowest BCUT2D eigenvalue weighted by Crippen LogP contribution is -1.98. The molecule has 0 spiro atoms. The molecular weight excluding hydrogens is 289 g/mol. The lowest BCUT2D eigenvalue weighted by atomic mass is 10.0. The van der Waals surface area contributed by atoms with Crippen LogP contribution in [0.15, 0.2) is 10.8 Å². The summed E-state index contributed by atoms with van der Waals surface area (Å²) in [7, 11) is 0. The van der Waals surface area contributed by atoms with E-state index in [1.54, 1.807) is 6.33 Å². The zero-order valence-corrected chi connectivity index (χ0v) is 11.0. The van der Waals surface area contributed by atoms with Crippen LogP contribution in [0, 0.1) is 0 Å². The molecule has 0 radical (unpaired) electrons. The number of rotatable bonds is 1. The first-order valence-electron chi connectivity index (χ1n) is 5.45. The fourth-order valence-electron chi connectivity index (χ4n) is 2.49. The second-order valence-electron chi connectivity index (χ2n) is 4.22. The van der Waals surface area contributed by atoms with Crippen LogP contribution in [-0.4, -0.2) is 15.0 Å². The van der Waals surface area contributed by atoms with E-state index in [9.17, 15) is 0 Å². The molecule has 84 valence electrons. The summed E-state index contributed by atoms with van der Waals surface area (Å²) in [5.74, 6) is 0.564. The van der Waals surface area contributed by atoms with Gasteiger partial charge in [-0.1, -0.05) is 24.4 Å². The van der Waals surface area contributed by atoms with Gasteiger partial charge < -0.3 is 4.98 Å². The van der Waals surface area contributed by atoms with Crippen molar-refractivity contribution in [1.29, 1.82) is 0 Å². The quantitative estimate of drug-likeness (QED) is 0.864. The van der Waals surface area contributed by atoms with E-state index in [2.05, 4.69) is 30.9 Å². The van der Waals surface area contributed by atoms with E-state index in [0.29, 0.717) is 11.1 Å². The van der Waals surface area contributed by atoms with E-state index < -0.39 is 0 Å². The number of nitrogens with one attached hydrogen (secondary N) is 1. The summed E-state index contributed by atoms with van der Waals surface area (Å²) in [4.78, 5) is 11.7. The van der Waals surface area contributed by atoms with E-state index in [1.165, 1.54) is 25.7 Å². The number of halogens is 2. The fourth-order valence-corrected chi connectivity index (χ4v) is 3.16. The van der Waals surface area contributed by atoms with E-state index in [1.807, 2.05) is 0 Å². The molecule has 0 bridgehead atoms. The standard InChI is InChI=1S/C11H11BrClN3/c12-8-7-9(6-3-1-2-4-6)14-5-15-11(7)16-10(8)13/h5-6H,1-4H2,(H,14,15,16). The minimum atomic E-state index is 0.564. The molecule has 1 N–H and O–H groups in total. The summed E-state index contributed by atoms with van der Waals surface area (Å²) in [5, 5.41) is 1.66. The molecule has 0 amide bonds. The highest BCUT2D eigenvalue weighted by molar-refractivity contribution is 9.10. The maximum absolute atomic E-state index is 6.06. The first-order valence-corrected chi connectivity index (χ1v) is 6.62. The highest BCUT2D eigenvalue weighted by Gasteiger charge is 2.23. The van der Waals surface area contributed by atoms with Gasteiger partial charge in [0, 0.05) is 5.92 Å². The third-order valence-electron chi connectivity index (χ3n) is 3.26. The van der Waals surface area contributed by atoms with Crippen LogP contribution in [-0.2, 0) is 0 Å². The minimum absolute atomic E-state index is 0.564. The van der Waals surface area contributed by atoms with Gasteiger partial charge in [0.2, 0.25) is 0 Å². The third kappa shape index (κ3) is 1.55. The van der Waals surface area contributed by atoms with Crippen molar-refractivity contribution in [1.82, 2.24) is 15.0 Å². The Morgan fingerprint density at radius 1 is 1.31 bits per heavy atom. The molecule has 0 atom stereocenters. The molecule has 1 aliphatic carbocycles. The van der Waals surface area contributed by atoms with Crippen molar-refractivity contribution >= 4 is 38.6 Å². The van der Waals surface area contributed by atoms with Crippen LogP contribution in [0.3, 0.4) is 0 Å². The average molecular weight is 301 g/mol. The van der Waals surface area contributed by atoms with Crippen LogP contribution in [0.1, 0.15) is 37.3 Å². The monoisotopic (exact) mass is 299 g/mol. The Balaban J connectivity index is 2.23. The van der Waals surface area contributed by atoms with E-state index in [4.69, 9.17) is 11.6 Å². The molecule has 0 aromatic carbocycles. The molecule has 3 rings (SSSR count). The van der Waals surface area contributed by atoms with Crippen molar-refractivity contribution in [2.45, 2.75) is 31.6 Å². The van der Waals surface area contributed by atoms with Gasteiger partial charge in [-0.3, -0.25) is 0 Å². The summed E-state index contributed by atoms with van der Waals surface area (Å²) in [6.45, 7) is 0. The van der Waals surface area contributed by atoms with Gasteiger partial charge in [-0.05, 0) is 28.8 Å². The summed E-state index contributed by atoms with van der Waals surface area (Å²) in [5.41, 5.74) is 1.96. The largest absolute Gasteiger partial charge is 0.329 e. The predicted molar refractivity (Wildman–Crippen MR) is 67.8 cm³/mol. The molecule has 2 aromatic rings. The zero-order valence-electron chi connectivity index (χ0n) is 8.63. The highest BCUT2D eigenvalue weighted by atomic mass is 79.9. The molecule has 3 nitrogen and oxygen atoms in total. The number of fused-ring (bicyclic) bond motifs is 1. The van der Waals surface area contributed by atoms with Crippen molar-refractivity contribution in [3.05, 3.63) is 21.6 Å². The van der Waals surface area contributed by atoms with Crippen LogP contribution < -0.4 is 0 Å². The molecule has 1 saturated carbocycles. The number of nitrogens with zero attached hydrogens (tertiary/aromatic N) is 2. The molecule has 2 aromatic heterocycles. The van der Waals surface area contributed by atoms with Gasteiger partial charge in [0.15, 0.2) is 0 Å². The number of aromatic nitrogens is 3. The summed E-state index contributed by atoms with van der Waals surface area (Å²) >= 11 is 9.57. The van der Waals surface area contributed by atoms with Gasteiger partial charge in [-0.2, -0.15) is 0 Å². The maximum atomic E-state index is 6.06. The van der Waals surface area contributed by atoms with Crippen molar-refractivity contribution in [3.63, 3.8) is 0 Å². The molecule has 0 unspecified atom stereocenters. The fraction of sp³-hybridized carbons (Fsp3) is 0.455. The first kappa shape index (κ1) is 10.5. The number of hydrogen-bond donors (Lipinski definition) is 1. The lowest BCUT2D eigenvalue weighted by Gasteiger charge is -2.09. The lowest BCUT2D eigenvalue weighted by molar-refractivity contribution is 0.702. The summed E-state index contributed by atoms with van der Waals surface area (Å²) < 4.78 is 0.895. The summed E-state index contributed by atoms with van der Waals surface area (Å²) in [6, 6.07) is 0. The Kier molecular flexibility index (Phi) is 2.64. The Morgan fingerprint density at radius 2 is 2.06 bits per heavy atom. The second-order valence-corrected chi connectivity index (χ2v) is 5.39. The van der Waals surface area contributed by atoms with E-state index in [-0.39, 0.29) is 0 Å². The smallest absolute Gasteiger partial charge is 0.143 e. The number of H-pyrrole nitrogens is 1. The SMILES string of the molecule is Clc1[nH]c2ncnc(C3CCCC3)c2c1Br. The van der Waals surface area contributed by atoms with E-state index >= 15 is 0 Å². The van der Waals surface area contributed by atoms with Gasteiger partial charge in [0.1, 0.15) is 17.1 Å². The molecule has 0 saturated heterocycles. The Morgan fingerprint density at radius 3 is 2.81 bits per heavy atom. The van der Waals surface area contributed by atoms with Crippen LogP contribution in [0.2, 0.25) is 5.15 Å². The Bertz CT molecular complexity index is 531. The Labute approximate surface area is 107 Å². The second kappa shape index (κ2) is 4.00. The predicted octanol–water partition coefficient (Wildman–Crippen LogP) is 4.03. The van der Waals surface area contributed by atoms with Crippen LogP contribution >= 0.6 is 27.5 Å². The van der Waals surface area contributed by atoms with Gasteiger partial charge in [-0.15, -0.1) is 0 Å². The molecule has 1 aliphatic rings. The first-order chi connectivity index (χ1) is 7.77. The van der Waals surface area contributed by atoms with Gasteiger partial charge in [0.25, 0.3) is 0 Å². The molecule has 16 heavy (non-hydrogen) atoms. The van der Waals surface area contributed by atoms with Crippen LogP contribution in [0.4, 0.5) is 0 Å². The molecule has 2 heterocycles. The van der Waals surface area contributed by atoms with Crippen molar-refractivity contribution < 1.29 is 0 Å². The van der Waals surface area contributed by atoms with Crippen molar-refractivity contribution in [2.24, 2.45) is 0 Å².